The second-order valence-corrected chi connectivity index (χ2v) is 8.55. The van der Waals surface area contributed by atoms with Gasteiger partial charge in [0.05, 0.1) is 17.2 Å². The average Bonchev–Trinajstić information content (AvgIpc) is 3.30. The van der Waals surface area contributed by atoms with Gasteiger partial charge in [0.25, 0.3) is 0 Å². The molecular formula is C26H15F6N5OS. The van der Waals surface area contributed by atoms with Gasteiger partial charge in [0.15, 0.2) is 16.7 Å². The molecule has 4 aromatic carbocycles. The van der Waals surface area contributed by atoms with Crippen molar-refractivity contribution in [3.8, 4) is 11.4 Å². The van der Waals surface area contributed by atoms with Crippen LogP contribution in [0.15, 0.2) is 78.2 Å². The minimum atomic E-state index is -4.77. The molecule has 0 fully saturated rings. The van der Waals surface area contributed by atoms with E-state index in [0.717, 1.165) is 16.3 Å². The topological polar surface area (TPSA) is 63.5 Å². The van der Waals surface area contributed by atoms with Gasteiger partial charge in [-0.15, -0.1) is 13.2 Å². The third-order valence-corrected chi connectivity index (χ3v) is 5.72. The Kier molecular flexibility index (Phi) is 6.83. The van der Waals surface area contributed by atoms with Gasteiger partial charge < -0.3 is 10.1 Å². The maximum Gasteiger partial charge on any atom is 0.573 e. The number of imidazole rings is 1. The van der Waals surface area contributed by atoms with E-state index in [1.54, 1.807) is 17.0 Å². The molecule has 0 aliphatic rings. The third-order valence-electron chi connectivity index (χ3n) is 5.53. The maximum absolute atomic E-state index is 13.8. The smallest absolute Gasteiger partial charge is 0.406 e. The molecular weight excluding hydrogens is 544 g/mol. The number of alkyl halides is 3. The number of thiocarbonyl (C=S) groups is 1. The SMILES string of the molecule is Fc1cc(F)c(NC(=S)NN=Cc2ccc3c(ccc4c3ncn4-c3ccc(OC(F)(F)F)cc3)c2)c(F)c1. The Morgan fingerprint density at radius 3 is 2.36 bits per heavy atom. The van der Waals surface area contributed by atoms with E-state index >= 15 is 0 Å². The molecule has 1 heterocycles. The Bertz CT molecular complexity index is 1710. The molecule has 0 atom stereocenters. The first-order valence-corrected chi connectivity index (χ1v) is 11.5. The predicted molar refractivity (Wildman–Crippen MR) is 139 cm³/mol. The minimum Gasteiger partial charge on any atom is -0.406 e. The number of aromatic nitrogens is 2. The number of nitrogens with zero attached hydrogens (tertiary/aromatic N) is 3. The van der Waals surface area contributed by atoms with E-state index in [1.165, 1.54) is 30.5 Å². The highest BCUT2D eigenvalue weighted by Crippen LogP contribution is 2.29. The number of halogens is 6. The van der Waals surface area contributed by atoms with Gasteiger partial charge in [-0.3, -0.25) is 9.99 Å². The molecule has 0 saturated heterocycles. The fourth-order valence-corrected chi connectivity index (χ4v) is 4.05. The zero-order valence-electron chi connectivity index (χ0n) is 19.4. The van der Waals surface area contributed by atoms with Crippen molar-refractivity contribution in [3.63, 3.8) is 0 Å². The van der Waals surface area contributed by atoms with Gasteiger partial charge in [-0.2, -0.15) is 5.10 Å². The van der Waals surface area contributed by atoms with Gasteiger partial charge >= 0.3 is 6.36 Å². The lowest BCUT2D eigenvalue weighted by atomic mass is 10.1. The van der Waals surface area contributed by atoms with Crippen molar-refractivity contribution < 1.29 is 31.1 Å². The van der Waals surface area contributed by atoms with Gasteiger partial charge in [-0.05, 0) is 59.6 Å². The van der Waals surface area contributed by atoms with Gasteiger partial charge in [0.1, 0.15) is 23.6 Å². The first-order valence-electron chi connectivity index (χ1n) is 11.1. The number of hydrogen-bond donors (Lipinski definition) is 2. The normalized spacial score (nSPS) is 11.8. The second kappa shape index (κ2) is 10.3. The van der Waals surface area contributed by atoms with Crippen LogP contribution in [0.4, 0.5) is 32.0 Å². The van der Waals surface area contributed by atoms with E-state index in [-0.39, 0.29) is 10.9 Å². The minimum absolute atomic E-state index is 0.207. The zero-order valence-corrected chi connectivity index (χ0v) is 20.2. The summed E-state index contributed by atoms with van der Waals surface area (Å²) in [5.41, 5.74) is 4.53. The molecule has 0 amide bonds. The summed E-state index contributed by atoms with van der Waals surface area (Å²) in [4.78, 5) is 4.48. The quantitative estimate of drug-likeness (QED) is 0.107. The molecule has 5 rings (SSSR count). The summed E-state index contributed by atoms with van der Waals surface area (Å²) in [5.74, 6) is -3.66. The van der Waals surface area contributed by atoms with Crippen LogP contribution in [0.25, 0.3) is 27.5 Å². The van der Waals surface area contributed by atoms with Crippen LogP contribution < -0.4 is 15.5 Å². The Labute approximate surface area is 221 Å². The van der Waals surface area contributed by atoms with Crippen LogP contribution in [0.3, 0.4) is 0 Å². The van der Waals surface area contributed by atoms with Crippen molar-refractivity contribution in [1.82, 2.24) is 15.0 Å². The maximum atomic E-state index is 13.8. The first kappa shape index (κ1) is 26.0. The Hall–Kier alpha value is -4.65. The van der Waals surface area contributed by atoms with Crippen molar-refractivity contribution in [3.05, 3.63) is 96.1 Å². The van der Waals surface area contributed by atoms with Crippen molar-refractivity contribution in [2.24, 2.45) is 5.10 Å². The fraction of sp³-hybridized carbons (Fsp3) is 0.0385. The molecule has 0 saturated carbocycles. The number of rotatable bonds is 5. The van der Waals surface area contributed by atoms with Crippen LogP contribution in [-0.4, -0.2) is 27.2 Å². The summed E-state index contributed by atoms with van der Waals surface area (Å²) in [5, 5.41) is 7.71. The summed E-state index contributed by atoms with van der Waals surface area (Å²) in [6.07, 6.45) is -1.75. The summed E-state index contributed by atoms with van der Waals surface area (Å²) in [7, 11) is 0. The summed E-state index contributed by atoms with van der Waals surface area (Å²) in [6.45, 7) is 0. The highest BCUT2D eigenvalue weighted by Gasteiger charge is 2.31. The molecule has 13 heteroatoms. The first-order chi connectivity index (χ1) is 18.6. The molecule has 0 spiro atoms. The van der Waals surface area contributed by atoms with E-state index < -0.39 is 29.5 Å². The lowest BCUT2D eigenvalue weighted by Gasteiger charge is -2.10. The molecule has 0 radical (unpaired) electrons. The van der Waals surface area contributed by atoms with Gasteiger partial charge in [-0.25, -0.2) is 18.2 Å². The Balaban J connectivity index is 1.31. The lowest BCUT2D eigenvalue weighted by molar-refractivity contribution is -0.274. The summed E-state index contributed by atoms with van der Waals surface area (Å²) in [6, 6.07) is 15.6. The predicted octanol–water partition coefficient (Wildman–Crippen LogP) is 6.82. The molecule has 198 valence electrons. The summed E-state index contributed by atoms with van der Waals surface area (Å²) < 4.78 is 83.5. The summed E-state index contributed by atoms with van der Waals surface area (Å²) >= 11 is 4.98. The fourth-order valence-electron chi connectivity index (χ4n) is 3.89. The monoisotopic (exact) mass is 559 g/mol. The van der Waals surface area contributed by atoms with E-state index in [0.29, 0.717) is 28.9 Å². The number of benzene rings is 4. The molecule has 0 unspecified atom stereocenters. The number of fused-ring (bicyclic) bond motifs is 3. The number of nitrogens with one attached hydrogen (secondary N) is 2. The van der Waals surface area contributed by atoms with Gasteiger partial charge in [0, 0.05) is 23.2 Å². The molecule has 0 aliphatic heterocycles. The van der Waals surface area contributed by atoms with E-state index in [4.69, 9.17) is 12.2 Å². The number of ether oxygens (including phenoxy) is 1. The van der Waals surface area contributed by atoms with Crippen molar-refractivity contribution in [2.75, 3.05) is 5.32 Å². The van der Waals surface area contributed by atoms with E-state index in [9.17, 15) is 26.3 Å². The Morgan fingerprint density at radius 1 is 0.949 bits per heavy atom. The standard InChI is InChI=1S/C26H15F6N5OS/c27-16-10-20(28)24(21(29)11-16)35-25(39)36-34-12-14-1-7-19-15(9-14)2-8-22-23(19)33-13-37(22)17-3-5-18(6-4-17)38-26(30,31)32/h1-13H,(H2,35,36,39). The van der Waals surface area contributed by atoms with Crippen molar-refractivity contribution in [2.45, 2.75) is 6.36 Å². The second-order valence-electron chi connectivity index (χ2n) is 8.14. The number of hydrogen-bond acceptors (Lipinski definition) is 4. The molecule has 39 heavy (non-hydrogen) atoms. The zero-order chi connectivity index (χ0) is 27.7. The van der Waals surface area contributed by atoms with Gasteiger partial charge in [-0.1, -0.05) is 18.2 Å². The van der Waals surface area contributed by atoms with E-state index in [2.05, 4.69) is 25.6 Å². The number of anilines is 1. The molecule has 5 aromatic rings. The van der Waals surface area contributed by atoms with Crippen LogP contribution in [0.2, 0.25) is 0 Å². The van der Waals surface area contributed by atoms with Crippen LogP contribution in [0.1, 0.15) is 5.56 Å². The highest BCUT2D eigenvalue weighted by molar-refractivity contribution is 7.80. The highest BCUT2D eigenvalue weighted by atomic mass is 32.1. The number of hydrazone groups is 1. The van der Waals surface area contributed by atoms with Crippen LogP contribution in [0, 0.1) is 17.5 Å². The van der Waals surface area contributed by atoms with E-state index in [1.807, 2.05) is 24.3 Å². The Morgan fingerprint density at radius 2 is 1.67 bits per heavy atom. The van der Waals surface area contributed by atoms with Crippen molar-refractivity contribution >= 4 is 51.0 Å². The molecule has 6 nitrogen and oxygen atoms in total. The van der Waals surface area contributed by atoms with Crippen LogP contribution >= 0.6 is 12.2 Å². The third kappa shape index (κ3) is 5.77. The van der Waals surface area contributed by atoms with Crippen molar-refractivity contribution in [1.29, 1.82) is 0 Å². The molecule has 0 aliphatic carbocycles. The molecule has 2 N–H and O–H groups in total. The molecule has 1 aromatic heterocycles. The van der Waals surface area contributed by atoms with Crippen LogP contribution in [0.5, 0.6) is 5.75 Å². The largest absolute Gasteiger partial charge is 0.573 e. The lowest BCUT2D eigenvalue weighted by Crippen LogP contribution is -2.25. The average molecular weight is 559 g/mol. The van der Waals surface area contributed by atoms with Gasteiger partial charge in [0.2, 0.25) is 0 Å². The van der Waals surface area contributed by atoms with Crippen LogP contribution in [-0.2, 0) is 0 Å². The molecule has 0 bridgehead atoms.